The zero-order valence-electron chi connectivity index (χ0n) is 17.7. The van der Waals surface area contributed by atoms with E-state index in [2.05, 4.69) is 56.5 Å². The molecule has 2 aromatic rings. The maximum atomic E-state index is 6.18. The van der Waals surface area contributed by atoms with Gasteiger partial charge in [0.15, 0.2) is 6.10 Å². The first kappa shape index (κ1) is 21.6. The molecular weight excluding hydrogens is 380 g/mol. The number of hydrogen-bond donors (Lipinski definition) is 0. The molecular formula is C24H30N2O2S. The molecule has 5 heteroatoms. The lowest BCUT2D eigenvalue weighted by molar-refractivity contribution is 0.120. The van der Waals surface area contributed by atoms with E-state index in [9.17, 15) is 0 Å². The van der Waals surface area contributed by atoms with Crippen molar-refractivity contribution in [2.75, 3.05) is 20.0 Å². The van der Waals surface area contributed by atoms with E-state index in [1.165, 1.54) is 17.7 Å². The lowest BCUT2D eigenvalue weighted by Gasteiger charge is -2.17. The minimum Gasteiger partial charge on any atom is -0.467 e. The molecule has 0 fully saturated rings. The highest BCUT2D eigenvalue weighted by Crippen LogP contribution is 2.31. The molecule has 29 heavy (non-hydrogen) atoms. The fraction of sp³-hybridized carbons (Fsp3) is 0.417. The second-order valence-corrected chi connectivity index (χ2v) is 8.10. The minimum absolute atomic E-state index is 0.0459. The Balaban J connectivity index is 1.72. The number of ether oxygens (including phenoxy) is 2. The van der Waals surface area contributed by atoms with E-state index in [-0.39, 0.29) is 12.1 Å². The van der Waals surface area contributed by atoms with Gasteiger partial charge in [-0.05, 0) is 61.4 Å². The highest BCUT2D eigenvalue weighted by molar-refractivity contribution is 7.98. The summed E-state index contributed by atoms with van der Waals surface area (Å²) in [5.74, 6) is 0.639. The number of thioether (sulfide) groups is 1. The predicted octanol–water partition coefficient (Wildman–Crippen LogP) is 5.65. The van der Waals surface area contributed by atoms with Crippen LogP contribution < -0.4 is 0 Å². The van der Waals surface area contributed by atoms with Gasteiger partial charge in [-0.1, -0.05) is 31.5 Å². The first-order chi connectivity index (χ1) is 14.1. The number of benzene rings is 1. The number of rotatable bonds is 9. The van der Waals surface area contributed by atoms with Gasteiger partial charge in [0.25, 0.3) is 0 Å². The van der Waals surface area contributed by atoms with Crippen LogP contribution in [0.25, 0.3) is 6.08 Å². The molecule has 0 spiro atoms. The SMILES string of the molecule is CCCCc1ccc(/C=C/C2=N[C@@H](COC)[C@H](c3ccc(SC)cc3)O2)c(C)n1. The highest BCUT2D eigenvalue weighted by atomic mass is 32.2. The van der Waals surface area contributed by atoms with E-state index in [4.69, 9.17) is 19.5 Å². The largest absolute Gasteiger partial charge is 0.467 e. The molecule has 0 saturated carbocycles. The second kappa shape index (κ2) is 10.6. The van der Waals surface area contributed by atoms with E-state index < -0.39 is 0 Å². The number of aryl methyl sites for hydroxylation is 2. The summed E-state index contributed by atoms with van der Waals surface area (Å²) in [5, 5.41) is 0. The molecule has 0 aliphatic carbocycles. The average molecular weight is 411 g/mol. The summed E-state index contributed by atoms with van der Waals surface area (Å²) >= 11 is 1.73. The van der Waals surface area contributed by atoms with E-state index in [0.717, 1.165) is 28.9 Å². The normalized spacial score (nSPS) is 18.8. The molecule has 0 N–H and O–H groups in total. The van der Waals surface area contributed by atoms with Crippen molar-refractivity contribution < 1.29 is 9.47 Å². The molecule has 3 rings (SSSR count). The van der Waals surface area contributed by atoms with Crippen LogP contribution in [0.2, 0.25) is 0 Å². The number of methoxy groups -OCH3 is 1. The van der Waals surface area contributed by atoms with Gasteiger partial charge in [-0.3, -0.25) is 4.98 Å². The quantitative estimate of drug-likeness (QED) is 0.501. The maximum Gasteiger partial charge on any atom is 0.209 e. The van der Waals surface area contributed by atoms with Crippen molar-refractivity contribution in [3.8, 4) is 0 Å². The van der Waals surface area contributed by atoms with Crippen LogP contribution in [-0.2, 0) is 15.9 Å². The van der Waals surface area contributed by atoms with E-state index in [1.807, 2.05) is 12.2 Å². The number of nitrogens with zero attached hydrogens (tertiary/aromatic N) is 2. The average Bonchev–Trinajstić information content (AvgIpc) is 3.14. The topological polar surface area (TPSA) is 43.7 Å². The van der Waals surface area contributed by atoms with Crippen LogP contribution in [0.3, 0.4) is 0 Å². The molecule has 0 saturated heterocycles. The molecule has 2 atom stereocenters. The summed E-state index contributed by atoms with van der Waals surface area (Å²) < 4.78 is 11.6. The van der Waals surface area contributed by atoms with E-state index in [1.54, 1.807) is 18.9 Å². The van der Waals surface area contributed by atoms with Gasteiger partial charge in [-0.25, -0.2) is 4.99 Å². The molecule has 1 aromatic heterocycles. The second-order valence-electron chi connectivity index (χ2n) is 7.22. The minimum atomic E-state index is -0.124. The summed E-state index contributed by atoms with van der Waals surface area (Å²) in [6.07, 6.45) is 9.32. The number of unbranched alkanes of at least 4 members (excludes halogenated alkanes) is 1. The fourth-order valence-electron chi connectivity index (χ4n) is 3.39. The van der Waals surface area contributed by atoms with Gasteiger partial charge >= 0.3 is 0 Å². The molecule has 4 nitrogen and oxygen atoms in total. The third kappa shape index (κ3) is 5.71. The Morgan fingerprint density at radius 3 is 2.59 bits per heavy atom. The lowest BCUT2D eigenvalue weighted by atomic mass is 10.0. The monoisotopic (exact) mass is 410 g/mol. The zero-order valence-corrected chi connectivity index (χ0v) is 18.5. The van der Waals surface area contributed by atoms with Crippen molar-refractivity contribution in [1.29, 1.82) is 0 Å². The molecule has 0 bridgehead atoms. The van der Waals surface area contributed by atoms with Gasteiger partial charge in [0, 0.05) is 29.5 Å². The van der Waals surface area contributed by atoms with E-state index >= 15 is 0 Å². The molecule has 0 radical (unpaired) electrons. The smallest absolute Gasteiger partial charge is 0.209 e. The molecule has 1 aliphatic heterocycles. The van der Waals surface area contributed by atoms with Gasteiger partial charge in [-0.2, -0.15) is 0 Å². The Labute approximate surface area is 178 Å². The van der Waals surface area contributed by atoms with Crippen LogP contribution >= 0.6 is 11.8 Å². The summed E-state index contributed by atoms with van der Waals surface area (Å²) in [4.78, 5) is 10.7. The maximum absolute atomic E-state index is 6.18. The van der Waals surface area contributed by atoms with Crippen molar-refractivity contribution in [1.82, 2.24) is 4.98 Å². The third-order valence-corrected chi connectivity index (χ3v) is 5.79. The van der Waals surface area contributed by atoms with Gasteiger partial charge in [0.1, 0.15) is 6.04 Å². The number of pyridine rings is 1. The third-order valence-electron chi connectivity index (χ3n) is 5.05. The van der Waals surface area contributed by atoms with Crippen LogP contribution in [0.1, 0.15) is 48.4 Å². The van der Waals surface area contributed by atoms with Crippen LogP contribution in [0.4, 0.5) is 0 Å². The lowest BCUT2D eigenvalue weighted by Crippen LogP contribution is -2.19. The number of aliphatic imine (C=N–C) groups is 1. The van der Waals surface area contributed by atoms with Crippen molar-refractivity contribution >= 4 is 23.7 Å². The summed E-state index contributed by atoms with van der Waals surface area (Å²) in [6.45, 7) is 4.78. The fourth-order valence-corrected chi connectivity index (χ4v) is 3.80. The molecule has 1 aromatic carbocycles. The van der Waals surface area contributed by atoms with Crippen LogP contribution in [0.15, 0.2) is 52.4 Å². The zero-order chi connectivity index (χ0) is 20.6. The van der Waals surface area contributed by atoms with Crippen molar-refractivity contribution in [2.45, 2.75) is 50.2 Å². The molecule has 0 amide bonds. The number of hydrogen-bond acceptors (Lipinski definition) is 5. The first-order valence-corrected chi connectivity index (χ1v) is 11.4. The Morgan fingerprint density at radius 1 is 1.14 bits per heavy atom. The summed E-state index contributed by atoms with van der Waals surface area (Å²) in [5.41, 5.74) is 4.40. The highest BCUT2D eigenvalue weighted by Gasteiger charge is 2.31. The van der Waals surface area contributed by atoms with Crippen molar-refractivity contribution in [2.24, 2.45) is 4.99 Å². The molecule has 154 valence electrons. The summed E-state index contributed by atoms with van der Waals surface area (Å²) in [6, 6.07) is 12.7. The van der Waals surface area contributed by atoms with Crippen LogP contribution in [-0.4, -0.2) is 36.9 Å². The molecule has 0 unspecified atom stereocenters. The van der Waals surface area contributed by atoms with Crippen molar-refractivity contribution in [3.05, 3.63) is 65.0 Å². The van der Waals surface area contributed by atoms with Gasteiger partial charge in [-0.15, -0.1) is 11.8 Å². The Morgan fingerprint density at radius 2 is 1.93 bits per heavy atom. The molecule has 1 aliphatic rings. The molecule has 2 heterocycles. The van der Waals surface area contributed by atoms with Crippen LogP contribution in [0, 0.1) is 6.92 Å². The van der Waals surface area contributed by atoms with E-state index in [0.29, 0.717) is 12.5 Å². The Bertz CT molecular complexity index is 862. The van der Waals surface area contributed by atoms with Gasteiger partial charge < -0.3 is 9.47 Å². The van der Waals surface area contributed by atoms with Gasteiger partial charge in [0.05, 0.1) is 6.61 Å². The van der Waals surface area contributed by atoms with Crippen molar-refractivity contribution in [3.63, 3.8) is 0 Å². The predicted molar refractivity (Wildman–Crippen MR) is 122 cm³/mol. The van der Waals surface area contributed by atoms with Gasteiger partial charge in [0.2, 0.25) is 5.90 Å². The summed E-state index contributed by atoms with van der Waals surface area (Å²) in [7, 11) is 1.70. The van der Waals surface area contributed by atoms with Crippen LogP contribution in [0.5, 0.6) is 0 Å². The Kier molecular flexibility index (Phi) is 7.90. The first-order valence-electron chi connectivity index (χ1n) is 10.2. The standard InChI is InChI=1S/C24H30N2O2S/c1-5-6-7-20-12-8-18(17(2)25-20)11-15-23-26-22(16-27-3)24(28-23)19-9-13-21(29-4)14-10-19/h8-15,22,24H,5-7,16H2,1-4H3/b15-11+/t22-,24-/m0/s1. The number of aromatic nitrogens is 1. The Hall–Kier alpha value is -2.11.